The quantitative estimate of drug-likeness (QED) is 0.797. The summed E-state index contributed by atoms with van der Waals surface area (Å²) in [7, 11) is 0. The highest BCUT2D eigenvalue weighted by Crippen LogP contribution is 2.38. The summed E-state index contributed by atoms with van der Waals surface area (Å²) in [5, 5.41) is 0. The van der Waals surface area contributed by atoms with E-state index >= 15 is 0 Å². The third kappa shape index (κ3) is 1.65. The monoisotopic (exact) mass is 268 g/mol. The molecule has 20 heavy (non-hydrogen) atoms. The van der Waals surface area contributed by atoms with Gasteiger partial charge in [0.1, 0.15) is 12.4 Å². The molecular weight excluding hydrogens is 256 g/mol. The maximum atomic E-state index is 12.6. The molecule has 1 atom stereocenters. The van der Waals surface area contributed by atoms with Crippen molar-refractivity contribution in [2.45, 2.75) is 5.92 Å². The van der Waals surface area contributed by atoms with Crippen LogP contribution in [0.2, 0.25) is 0 Å². The Morgan fingerprint density at radius 2 is 1.75 bits per heavy atom. The zero-order valence-electron chi connectivity index (χ0n) is 10.7. The average Bonchev–Trinajstić information content (AvgIpc) is 2.95. The maximum Gasteiger partial charge on any atom is 0.231 e. The van der Waals surface area contributed by atoms with Crippen molar-refractivity contribution in [3.63, 3.8) is 0 Å². The Hall–Kier alpha value is -2.49. The molecule has 2 aliphatic rings. The van der Waals surface area contributed by atoms with Crippen molar-refractivity contribution in [2.24, 2.45) is 0 Å². The number of benzene rings is 2. The van der Waals surface area contributed by atoms with Gasteiger partial charge in [-0.05, 0) is 29.8 Å². The van der Waals surface area contributed by atoms with Gasteiger partial charge in [-0.1, -0.05) is 18.2 Å². The van der Waals surface area contributed by atoms with Crippen LogP contribution in [0.4, 0.5) is 0 Å². The van der Waals surface area contributed by atoms with Crippen molar-refractivity contribution in [1.29, 1.82) is 0 Å². The summed E-state index contributed by atoms with van der Waals surface area (Å²) in [6.45, 7) is 0.590. The number of ether oxygens (including phenoxy) is 3. The third-order valence-electron chi connectivity index (χ3n) is 3.67. The highest BCUT2D eigenvalue weighted by atomic mass is 16.7. The minimum Gasteiger partial charge on any atom is -0.492 e. The number of ketones is 1. The first-order valence-electron chi connectivity index (χ1n) is 6.48. The normalized spacial score (nSPS) is 19.4. The molecule has 0 saturated heterocycles. The van der Waals surface area contributed by atoms with Crippen molar-refractivity contribution < 1.29 is 19.0 Å². The number of rotatable bonds is 1. The van der Waals surface area contributed by atoms with Gasteiger partial charge in [0.2, 0.25) is 6.79 Å². The van der Waals surface area contributed by atoms with Crippen LogP contribution < -0.4 is 14.2 Å². The SMILES string of the molecule is O=C1c2ccccc2OCC1c1ccc2c(c1)OCO2. The number of hydrogen-bond donors (Lipinski definition) is 0. The Morgan fingerprint density at radius 1 is 0.900 bits per heavy atom. The molecule has 0 radical (unpaired) electrons. The molecule has 4 nitrogen and oxygen atoms in total. The van der Waals surface area contributed by atoms with E-state index in [1.165, 1.54) is 0 Å². The maximum absolute atomic E-state index is 12.6. The van der Waals surface area contributed by atoms with Crippen LogP contribution in [0.5, 0.6) is 17.2 Å². The summed E-state index contributed by atoms with van der Waals surface area (Å²) in [5.41, 5.74) is 1.54. The molecule has 0 spiro atoms. The van der Waals surface area contributed by atoms with Crippen LogP contribution >= 0.6 is 0 Å². The summed E-state index contributed by atoms with van der Waals surface area (Å²) in [4.78, 5) is 12.6. The summed E-state index contributed by atoms with van der Waals surface area (Å²) in [5.74, 6) is 1.87. The Morgan fingerprint density at radius 3 is 2.70 bits per heavy atom. The Labute approximate surface area is 115 Å². The summed E-state index contributed by atoms with van der Waals surface area (Å²) in [6, 6.07) is 12.9. The molecule has 0 amide bonds. The lowest BCUT2D eigenvalue weighted by atomic mass is 9.89. The standard InChI is InChI=1S/C16H12O4/c17-16-11-3-1-2-4-13(11)18-8-12(16)10-5-6-14-15(7-10)20-9-19-14/h1-7,12H,8-9H2. The molecule has 1 unspecified atom stereocenters. The minimum absolute atomic E-state index is 0.0886. The van der Waals surface area contributed by atoms with E-state index in [-0.39, 0.29) is 18.5 Å². The van der Waals surface area contributed by atoms with Crippen molar-refractivity contribution in [3.8, 4) is 17.2 Å². The van der Waals surface area contributed by atoms with Crippen molar-refractivity contribution in [2.75, 3.05) is 13.4 Å². The molecule has 0 aliphatic carbocycles. The van der Waals surface area contributed by atoms with Crippen LogP contribution in [-0.4, -0.2) is 19.2 Å². The first kappa shape index (κ1) is 11.3. The smallest absolute Gasteiger partial charge is 0.231 e. The lowest BCUT2D eigenvalue weighted by molar-refractivity contribution is 0.0896. The Balaban J connectivity index is 1.72. The molecule has 4 heteroatoms. The van der Waals surface area contributed by atoms with Gasteiger partial charge in [-0.15, -0.1) is 0 Å². The molecule has 2 aromatic carbocycles. The summed E-state index contributed by atoms with van der Waals surface area (Å²) >= 11 is 0. The van der Waals surface area contributed by atoms with Gasteiger partial charge < -0.3 is 14.2 Å². The Bertz CT molecular complexity index is 693. The van der Waals surface area contributed by atoms with Gasteiger partial charge in [0.25, 0.3) is 0 Å². The van der Waals surface area contributed by atoms with E-state index in [4.69, 9.17) is 14.2 Å². The number of para-hydroxylation sites is 1. The van der Waals surface area contributed by atoms with Crippen LogP contribution in [0.1, 0.15) is 21.8 Å². The van der Waals surface area contributed by atoms with Crippen LogP contribution in [0.15, 0.2) is 42.5 Å². The van der Waals surface area contributed by atoms with Gasteiger partial charge >= 0.3 is 0 Å². The van der Waals surface area contributed by atoms with Gasteiger partial charge in [0, 0.05) is 0 Å². The van der Waals surface area contributed by atoms with Crippen LogP contribution in [0.3, 0.4) is 0 Å². The van der Waals surface area contributed by atoms with Crippen LogP contribution in [0.25, 0.3) is 0 Å². The van der Waals surface area contributed by atoms with E-state index in [0.717, 1.165) is 11.3 Å². The molecule has 2 aromatic rings. The van der Waals surface area contributed by atoms with E-state index in [0.29, 0.717) is 23.7 Å². The molecule has 100 valence electrons. The molecule has 0 saturated carbocycles. The molecule has 0 aromatic heterocycles. The number of hydrogen-bond acceptors (Lipinski definition) is 4. The lowest BCUT2D eigenvalue weighted by Gasteiger charge is -2.24. The van der Waals surface area contributed by atoms with Crippen molar-refractivity contribution >= 4 is 5.78 Å². The minimum atomic E-state index is -0.292. The molecule has 0 bridgehead atoms. The first-order chi connectivity index (χ1) is 9.83. The number of carbonyl (C=O) groups is 1. The molecule has 4 rings (SSSR count). The van der Waals surface area contributed by atoms with E-state index in [1.54, 1.807) is 6.07 Å². The fourth-order valence-corrected chi connectivity index (χ4v) is 2.61. The summed E-state index contributed by atoms with van der Waals surface area (Å²) in [6.07, 6.45) is 0. The Kier molecular flexibility index (Phi) is 2.42. The lowest BCUT2D eigenvalue weighted by Crippen LogP contribution is -2.25. The second-order valence-electron chi connectivity index (χ2n) is 4.84. The molecule has 2 aliphatic heterocycles. The van der Waals surface area contributed by atoms with Gasteiger partial charge in [0.15, 0.2) is 17.3 Å². The van der Waals surface area contributed by atoms with Gasteiger partial charge in [-0.3, -0.25) is 4.79 Å². The highest BCUT2D eigenvalue weighted by Gasteiger charge is 2.30. The number of fused-ring (bicyclic) bond motifs is 2. The second-order valence-corrected chi connectivity index (χ2v) is 4.84. The average molecular weight is 268 g/mol. The second kappa shape index (κ2) is 4.27. The van der Waals surface area contributed by atoms with E-state index in [2.05, 4.69) is 0 Å². The van der Waals surface area contributed by atoms with Crippen molar-refractivity contribution in [1.82, 2.24) is 0 Å². The van der Waals surface area contributed by atoms with E-state index < -0.39 is 0 Å². The van der Waals surface area contributed by atoms with Crippen LogP contribution in [-0.2, 0) is 0 Å². The third-order valence-corrected chi connectivity index (χ3v) is 3.67. The fraction of sp³-hybridized carbons (Fsp3) is 0.188. The first-order valence-corrected chi connectivity index (χ1v) is 6.48. The largest absolute Gasteiger partial charge is 0.492 e. The zero-order valence-corrected chi connectivity index (χ0v) is 10.7. The van der Waals surface area contributed by atoms with E-state index in [1.807, 2.05) is 36.4 Å². The predicted octanol–water partition coefficient (Wildman–Crippen LogP) is 2.77. The molecule has 2 heterocycles. The number of Topliss-reactive ketones (excluding diaryl/α,β-unsaturated/α-hetero) is 1. The van der Waals surface area contributed by atoms with Gasteiger partial charge in [0.05, 0.1) is 11.5 Å². The fourth-order valence-electron chi connectivity index (χ4n) is 2.61. The highest BCUT2D eigenvalue weighted by molar-refractivity contribution is 6.04. The predicted molar refractivity (Wildman–Crippen MR) is 71.6 cm³/mol. The van der Waals surface area contributed by atoms with Gasteiger partial charge in [-0.2, -0.15) is 0 Å². The van der Waals surface area contributed by atoms with Gasteiger partial charge in [-0.25, -0.2) is 0 Å². The summed E-state index contributed by atoms with van der Waals surface area (Å²) < 4.78 is 16.3. The van der Waals surface area contributed by atoms with Crippen molar-refractivity contribution in [3.05, 3.63) is 53.6 Å². The van der Waals surface area contributed by atoms with E-state index in [9.17, 15) is 4.79 Å². The zero-order chi connectivity index (χ0) is 13.5. The number of carbonyl (C=O) groups excluding carboxylic acids is 1. The van der Waals surface area contributed by atoms with Crippen LogP contribution in [0, 0.1) is 0 Å². The molecular formula is C16H12O4. The molecule has 0 fully saturated rings. The topological polar surface area (TPSA) is 44.8 Å². The molecule has 0 N–H and O–H groups in total.